The lowest BCUT2D eigenvalue weighted by Crippen LogP contribution is -2.31. The number of nitrogens with two attached hydrogens (primary N) is 1. The van der Waals surface area contributed by atoms with Gasteiger partial charge in [-0.25, -0.2) is 0 Å². The predicted octanol–water partition coefficient (Wildman–Crippen LogP) is 2.49. The van der Waals surface area contributed by atoms with E-state index in [0.717, 1.165) is 25.3 Å². The topological polar surface area (TPSA) is 38.5 Å². The Morgan fingerprint density at radius 2 is 2.32 bits per heavy atom. The maximum atomic E-state index is 5.66. The first-order valence-corrected chi connectivity index (χ1v) is 7.18. The van der Waals surface area contributed by atoms with E-state index in [2.05, 4.69) is 31.0 Å². The minimum Gasteiger partial charge on any atom is -0.389 e. The molecule has 1 heterocycles. The van der Waals surface area contributed by atoms with Gasteiger partial charge in [0.05, 0.1) is 6.61 Å². The minimum atomic E-state index is 0.456. The molecule has 2 N–H and O–H groups in total. The molecule has 104 valence electrons. The minimum absolute atomic E-state index is 0.456. The lowest BCUT2D eigenvalue weighted by molar-refractivity contribution is 0.0576. The Hall–Kier alpha value is -1.13. The highest BCUT2D eigenvalue weighted by atomic mass is 32.1. The molecule has 0 bridgehead atoms. The number of thiocarbonyl (C=S) groups is 1. The van der Waals surface area contributed by atoms with E-state index in [1.807, 2.05) is 6.07 Å². The molecule has 1 aromatic carbocycles. The van der Waals surface area contributed by atoms with Gasteiger partial charge in [0.2, 0.25) is 0 Å². The van der Waals surface area contributed by atoms with Crippen molar-refractivity contribution >= 4 is 22.9 Å². The first-order chi connectivity index (χ1) is 9.08. The van der Waals surface area contributed by atoms with Gasteiger partial charge in [0, 0.05) is 31.5 Å². The van der Waals surface area contributed by atoms with Crippen LogP contribution in [0.15, 0.2) is 18.2 Å². The summed E-state index contributed by atoms with van der Waals surface area (Å²) in [5.74, 6) is 0.633. The summed E-state index contributed by atoms with van der Waals surface area (Å²) in [4.78, 5) is 2.76. The number of anilines is 1. The summed E-state index contributed by atoms with van der Waals surface area (Å²) in [6.07, 6.45) is 2.44. The number of aryl methyl sites for hydroxylation is 1. The molecule has 4 heteroatoms. The van der Waals surface area contributed by atoms with E-state index in [0.29, 0.717) is 10.9 Å². The molecule has 1 fully saturated rings. The molecule has 0 radical (unpaired) electrons. The van der Waals surface area contributed by atoms with Crippen LogP contribution in [0.4, 0.5) is 5.69 Å². The Bertz CT molecular complexity index is 455. The van der Waals surface area contributed by atoms with Gasteiger partial charge in [-0.3, -0.25) is 0 Å². The summed E-state index contributed by atoms with van der Waals surface area (Å²) in [6.45, 7) is 4.94. The van der Waals surface area contributed by atoms with Crippen LogP contribution in [0.25, 0.3) is 0 Å². The maximum Gasteiger partial charge on any atom is 0.103 e. The molecule has 1 saturated heterocycles. The lowest BCUT2D eigenvalue weighted by Gasteiger charge is -2.29. The van der Waals surface area contributed by atoms with Gasteiger partial charge in [-0.1, -0.05) is 12.2 Å². The Balaban J connectivity index is 2.05. The largest absolute Gasteiger partial charge is 0.389 e. The summed E-state index contributed by atoms with van der Waals surface area (Å²) in [5, 5.41) is 0. The molecule has 0 saturated carbocycles. The molecule has 1 aliphatic rings. The summed E-state index contributed by atoms with van der Waals surface area (Å²) in [6, 6.07) is 6.16. The highest BCUT2D eigenvalue weighted by molar-refractivity contribution is 7.80. The highest BCUT2D eigenvalue weighted by Gasteiger charge is 2.17. The molecule has 0 aromatic heterocycles. The van der Waals surface area contributed by atoms with Crippen LogP contribution < -0.4 is 10.6 Å². The fourth-order valence-corrected chi connectivity index (χ4v) is 2.80. The number of hydrogen-bond donors (Lipinski definition) is 1. The summed E-state index contributed by atoms with van der Waals surface area (Å²) in [5.41, 5.74) is 9.05. The molecule has 0 aliphatic carbocycles. The van der Waals surface area contributed by atoms with E-state index < -0.39 is 0 Å². The molecule has 2 rings (SSSR count). The van der Waals surface area contributed by atoms with Gasteiger partial charge in [-0.15, -0.1) is 0 Å². The van der Waals surface area contributed by atoms with Crippen molar-refractivity contribution in [3.05, 3.63) is 29.3 Å². The Morgan fingerprint density at radius 3 is 2.89 bits per heavy atom. The Labute approximate surface area is 120 Å². The Morgan fingerprint density at radius 1 is 1.53 bits per heavy atom. The van der Waals surface area contributed by atoms with Crippen LogP contribution in [0, 0.1) is 12.8 Å². The van der Waals surface area contributed by atoms with E-state index in [9.17, 15) is 0 Å². The van der Waals surface area contributed by atoms with Crippen LogP contribution >= 0.6 is 12.2 Å². The van der Waals surface area contributed by atoms with Gasteiger partial charge in [0.1, 0.15) is 4.99 Å². The fourth-order valence-electron chi connectivity index (χ4n) is 2.67. The van der Waals surface area contributed by atoms with Gasteiger partial charge >= 0.3 is 0 Å². The van der Waals surface area contributed by atoms with Crippen LogP contribution in [0.2, 0.25) is 0 Å². The van der Waals surface area contributed by atoms with Crippen molar-refractivity contribution in [2.24, 2.45) is 11.7 Å². The van der Waals surface area contributed by atoms with E-state index in [1.54, 1.807) is 0 Å². The number of ether oxygens (including phenoxy) is 1. The summed E-state index contributed by atoms with van der Waals surface area (Å²) >= 11 is 5.01. The van der Waals surface area contributed by atoms with Crippen molar-refractivity contribution < 1.29 is 4.74 Å². The third-order valence-electron chi connectivity index (χ3n) is 3.68. The molecule has 0 amide bonds. The first kappa shape index (κ1) is 14.3. The molecule has 19 heavy (non-hydrogen) atoms. The summed E-state index contributed by atoms with van der Waals surface area (Å²) in [7, 11) is 2.14. The zero-order valence-corrected chi connectivity index (χ0v) is 12.5. The Kier molecular flexibility index (Phi) is 4.77. The smallest absolute Gasteiger partial charge is 0.103 e. The van der Waals surface area contributed by atoms with Crippen LogP contribution in [-0.2, 0) is 4.74 Å². The van der Waals surface area contributed by atoms with Crippen molar-refractivity contribution in [3.63, 3.8) is 0 Å². The lowest BCUT2D eigenvalue weighted by atomic mass is 10.0. The zero-order chi connectivity index (χ0) is 13.8. The number of nitrogens with zero attached hydrogens (tertiary/aromatic N) is 1. The van der Waals surface area contributed by atoms with Gasteiger partial charge in [-0.2, -0.15) is 0 Å². The van der Waals surface area contributed by atoms with Crippen molar-refractivity contribution in [3.8, 4) is 0 Å². The fraction of sp³-hybridized carbons (Fsp3) is 0.533. The van der Waals surface area contributed by atoms with Gasteiger partial charge in [0.15, 0.2) is 0 Å². The second-order valence-corrected chi connectivity index (χ2v) is 5.77. The van der Waals surface area contributed by atoms with Crippen LogP contribution in [-0.4, -0.2) is 31.8 Å². The molecular formula is C15H22N2OS. The predicted molar refractivity (Wildman–Crippen MR) is 83.9 cm³/mol. The standard InChI is InChI=1S/C15H22N2OS/c1-11-8-13(15(16)19)5-6-14(11)17(2)9-12-4-3-7-18-10-12/h5-6,8,12H,3-4,7,9-10H2,1-2H3,(H2,16,19). The average Bonchev–Trinajstić information content (AvgIpc) is 2.39. The molecule has 1 aromatic rings. The molecule has 0 spiro atoms. The van der Waals surface area contributed by atoms with Gasteiger partial charge in [0.25, 0.3) is 0 Å². The highest BCUT2D eigenvalue weighted by Crippen LogP contribution is 2.23. The molecule has 1 atom stereocenters. The number of rotatable bonds is 4. The van der Waals surface area contributed by atoms with E-state index in [-0.39, 0.29) is 0 Å². The van der Waals surface area contributed by atoms with E-state index in [1.165, 1.54) is 24.1 Å². The maximum absolute atomic E-state index is 5.66. The second kappa shape index (κ2) is 6.35. The summed E-state index contributed by atoms with van der Waals surface area (Å²) < 4.78 is 5.54. The normalized spacial score (nSPS) is 19.2. The average molecular weight is 278 g/mol. The SMILES string of the molecule is Cc1cc(C(N)=S)ccc1N(C)CC1CCCOC1. The van der Waals surface area contributed by atoms with E-state index in [4.69, 9.17) is 22.7 Å². The number of hydrogen-bond acceptors (Lipinski definition) is 3. The molecule has 3 nitrogen and oxygen atoms in total. The van der Waals surface area contributed by atoms with Crippen molar-refractivity contribution in [1.29, 1.82) is 0 Å². The first-order valence-electron chi connectivity index (χ1n) is 6.77. The van der Waals surface area contributed by atoms with Gasteiger partial charge in [-0.05, 0) is 49.4 Å². The third-order valence-corrected chi connectivity index (χ3v) is 3.91. The van der Waals surface area contributed by atoms with Crippen molar-refractivity contribution in [2.45, 2.75) is 19.8 Å². The van der Waals surface area contributed by atoms with Crippen molar-refractivity contribution in [1.82, 2.24) is 0 Å². The third kappa shape index (κ3) is 3.67. The zero-order valence-electron chi connectivity index (χ0n) is 11.7. The molecule has 1 unspecified atom stereocenters. The second-order valence-electron chi connectivity index (χ2n) is 5.33. The molecular weight excluding hydrogens is 256 g/mol. The van der Waals surface area contributed by atoms with Crippen LogP contribution in [0.3, 0.4) is 0 Å². The monoisotopic (exact) mass is 278 g/mol. The quantitative estimate of drug-likeness (QED) is 0.859. The van der Waals surface area contributed by atoms with E-state index >= 15 is 0 Å². The van der Waals surface area contributed by atoms with Crippen molar-refractivity contribution in [2.75, 3.05) is 31.7 Å². The van der Waals surface area contributed by atoms with Gasteiger partial charge < -0.3 is 15.4 Å². The number of benzene rings is 1. The van der Waals surface area contributed by atoms with Crippen LogP contribution in [0.5, 0.6) is 0 Å². The van der Waals surface area contributed by atoms with Crippen LogP contribution in [0.1, 0.15) is 24.0 Å². The molecule has 1 aliphatic heterocycles.